The van der Waals surface area contributed by atoms with Gasteiger partial charge >= 0.3 is 0 Å². The molecule has 0 radical (unpaired) electrons. The second-order valence-corrected chi connectivity index (χ2v) is 7.29. The number of likely N-dealkylation sites (N-methyl/N-ethyl adjacent to an activating group) is 1. The van der Waals surface area contributed by atoms with E-state index in [9.17, 15) is 0 Å². The molecule has 104 valence electrons. The van der Waals surface area contributed by atoms with Crippen LogP contribution in [-0.2, 0) is 0 Å². The predicted molar refractivity (Wildman–Crippen MR) is 85.2 cm³/mol. The van der Waals surface area contributed by atoms with Gasteiger partial charge in [0, 0.05) is 17.0 Å². The first-order valence-electron chi connectivity index (χ1n) is 6.77. The van der Waals surface area contributed by atoms with Gasteiger partial charge in [0.05, 0.1) is 9.83 Å². The van der Waals surface area contributed by atoms with Crippen LogP contribution in [0.25, 0.3) is 0 Å². The van der Waals surface area contributed by atoms with E-state index in [2.05, 4.69) is 60.8 Å². The molecule has 0 aliphatic carbocycles. The van der Waals surface area contributed by atoms with Crippen LogP contribution in [-0.4, -0.2) is 24.0 Å². The van der Waals surface area contributed by atoms with Gasteiger partial charge < -0.3 is 5.73 Å². The maximum atomic E-state index is 6.36. The number of nitrogens with zero attached hydrogens (tertiary/aromatic N) is 1. The van der Waals surface area contributed by atoms with Crippen LogP contribution in [0.3, 0.4) is 0 Å². The Bertz CT molecular complexity index is 349. The molecule has 0 saturated heterocycles. The van der Waals surface area contributed by atoms with Gasteiger partial charge in [-0.2, -0.15) is 0 Å². The number of thiophene rings is 1. The van der Waals surface area contributed by atoms with Gasteiger partial charge in [0.1, 0.15) is 0 Å². The van der Waals surface area contributed by atoms with Crippen LogP contribution >= 0.6 is 27.3 Å². The zero-order valence-electron chi connectivity index (χ0n) is 11.8. The van der Waals surface area contributed by atoms with Crippen LogP contribution < -0.4 is 5.73 Å². The van der Waals surface area contributed by atoms with Gasteiger partial charge in [-0.25, -0.2) is 0 Å². The fraction of sp³-hybridized carbons (Fsp3) is 0.714. The molecule has 1 aromatic heterocycles. The average Bonchev–Trinajstić information content (AvgIpc) is 2.77. The molecule has 0 spiro atoms. The van der Waals surface area contributed by atoms with Crippen molar-refractivity contribution >= 4 is 27.3 Å². The largest absolute Gasteiger partial charge is 0.326 e. The van der Waals surface area contributed by atoms with E-state index < -0.39 is 0 Å². The number of hydrogen-bond donors (Lipinski definition) is 1. The van der Waals surface area contributed by atoms with Crippen molar-refractivity contribution in [2.75, 3.05) is 7.05 Å². The first kappa shape index (κ1) is 16.2. The van der Waals surface area contributed by atoms with Crippen molar-refractivity contribution in [2.24, 2.45) is 5.73 Å². The molecule has 1 heterocycles. The zero-order valence-corrected chi connectivity index (χ0v) is 14.2. The van der Waals surface area contributed by atoms with Crippen molar-refractivity contribution in [3.8, 4) is 0 Å². The average molecular weight is 333 g/mol. The quantitative estimate of drug-likeness (QED) is 0.801. The smallest absolute Gasteiger partial charge is 0.0702 e. The van der Waals surface area contributed by atoms with E-state index in [1.165, 1.54) is 21.5 Å². The van der Waals surface area contributed by atoms with E-state index in [-0.39, 0.29) is 6.04 Å². The Morgan fingerprint density at radius 2 is 1.83 bits per heavy atom. The van der Waals surface area contributed by atoms with Crippen LogP contribution in [0.5, 0.6) is 0 Å². The Kier molecular flexibility index (Phi) is 6.85. The fourth-order valence-electron chi connectivity index (χ4n) is 2.52. The highest BCUT2D eigenvalue weighted by atomic mass is 79.9. The zero-order chi connectivity index (χ0) is 13.7. The number of hydrogen-bond acceptors (Lipinski definition) is 3. The highest BCUT2D eigenvalue weighted by Crippen LogP contribution is 2.34. The van der Waals surface area contributed by atoms with Crippen LogP contribution in [0, 0.1) is 0 Å². The van der Waals surface area contributed by atoms with Crippen molar-refractivity contribution in [1.29, 1.82) is 0 Å². The third-order valence-electron chi connectivity index (χ3n) is 3.72. The fourth-order valence-corrected chi connectivity index (χ4v) is 4.17. The van der Waals surface area contributed by atoms with Gasteiger partial charge in [-0.3, -0.25) is 4.90 Å². The topological polar surface area (TPSA) is 29.3 Å². The summed E-state index contributed by atoms with van der Waals surface area (Å²) in [5.74, 6) is 0. The monoisotopic (exact) mass is 332 g/mol. The van der Waals surface area contributed by atoms with Crippen molar-refractivity contribution < 1.29 is 0 Å². The molecule has 4 heteroatoms. The maximum Gasteiger partial charge on any atom is 0.0702 e. The third kappa shape index (κ3) is 3.80. The lowest BCUT2D eigenvalue weighted by Gasteiger charge is -2.37. The van der Waals surface area contributed by atoms with Crippen LogP contribution in [0.2, 0.25) is 0 Å². The minimum absolute atomic E-state index is 0.196. The molecule has 0 fully saturated rings. The van der Waals surface area contributed by atoms with Crippen molar-refractivity contribution in [1.82, 2.24) is 4.90 Å². The van der Waals surface area contributed by atoms with Crippen molar-refractivity contribution in [3.63, 3.8) is 0 Å². The van der Waals surface area contributed by atoms with E-state index in [4.69, 9.17) is 5.73 Å². The summed E-state index contributed by atoms with van der Waals surface area (Å²) >= 11 is 5.35. The lowest BCUT2D eigenvalue weighted by atomic mass is 10.00. The molecule has 2 atom stereocenters. The van der Waals surface area contributed by atoms with Gasteiger partial charge in [0.15, 0.2) is 0 Å². The van der Waals surface area contributed by atoms with Gasteiger partial charge in [-0.15, -0.1) is 11.3 Å². The summed E-state index contributed by atoms with van der Waals surface area (Å²) in [6, 6.07) is 5.45. The van der Waals surface area contributed by atoms with E-state index in [0.29, 0.717) is 12.1 Å². The predicted octanol–water partition coefficient (Wildman–Crippen LogP) is 4.41. The Hall–Kier alpha value is 0.1000. The molecular weight excluding hydrogens is 308 g/mol. The van der Waals surface area contributed by atoms with Crippen LogP contribution in [0.4, 0.5) is 0 Å². The Labute approximate surface area is 124 Å². The highest BCUT2D eigenvalue weighted by molar-refractivity contribution is 9.11. The van der Waals surface area contributed by atoms with E-state index in [1.807, 2.05) is 0 Å². The normalized spacial score (nSPS) is 15.3. The molecule has 2 unspecified atom stereocenters. The molecule has 0 bridgehead atoms. The Morgan fingerprint density at radius 3 is 2.22 bits per heavy atom. The lowest BCUT2D eigenvalue weighted by Crippen LogP contribution is -2.43. The van der Waals surface area contributed by atoms with Gasteiger partial charge in [-0.05, 0) is 54.4 Å². The first-order chi connectivity index (χ1) is 8.54. The number of halogens is 1. The Balaban J connectivity index is 2.98. The third-order valence-corrected chi connectivity index (χ3v) is 5.41. The SMILES string of the molecule is CCC(N)C(c1ccc(Br)s1)N(C)C(CC)CC. The summed E-state index contributed by atoms with van der Waals surface area (Å²) in [6.45, 7) is 6.67. The molecule has 0 amide bonds. The van der Waals surface area contributed by atoms with Crippen molar-refractivity contribution in [2.45, 2.75) is 58.2 Å². The molecule has 0 aromatic carbocycles. The molecule has 1 rings (SSSR count). The molecule has 2 N–H and O–H groups in total. The van der Waals surface area contributed by atoms with E-state index in [1.54, 1.807) is 11.3 Å². The van der Waals surface area contributed by atoms with E-state index in [0.717, 1.165) is 6.42 Å². The summed E-state index contributed by atoms with van der Waals surface area (Å²) in [6.07, 6.45) is 3.35. The molecule has 1 aromatic rings. The molecule has 18 heavy (non-hydrogen) atoms. The van der Waals surface area contributed by atoms with Crippen molar-refractivity contribution in [3.05, 3.63) is 20.8 Å². The molecular formula is C14H25BrN2S. The summed E-state index contributed by atoms with van der Waals surface area (Å²) in [4.78, 5) is 3.83. The molecule has 2 nitrogen and oxygen atoms in total. The highest BCUT2D eigenvalue weighted by Gasteiger charge is 2.27. The van der Waals surface area contributed by atoms with Gasteiger partial charge in [0.2, 0.25) is 0 Å². The first-order valence-corrected chi connectivity index (χ1v) is 8.38. The minimum atomic E-state index is 0.196. The summed E-state index contributed by atoms with van der Waals surface area (Å²) in [5, 5.41) is 0. The second-order valence-electron chi connectivity index (χ2n) is 4.79. The van der Waals surface area contributed by atoms with Gasteiger partial charge in [0.25, 0.3) is 0 Å². The summed E-state index contributed by atoms with van der Waals surface area (Å²) < 4.78 is 1.18. The second kappa shape index (κ2) is 7.63. The summed E-state index contributed by atoms with van der Waals surface area (Å²) in [7, 11) is 2.21. The minimum Gasteiger partial charge on any atom is -0.326 e. The number of rotatable bonds is 7. The van der Waals surface area contributed by atoms with Gasteiger partial charge in [-0.1, -0.05) is 20.8 Å². The van der Waals surface area contributed by atoms with Crippen LogP contribution in [0.15, 0.2) is 15.9 Å². The van der Waals surface area contributed by atoms with E-state index >= 15 is 0 Å². The molecule has 0 saturated carbocycles. The molecule has 0 aliphatic heterocycles. The number of nitrogens with two attached hydrogens (primary N) is 1. The maximum absolute atomic E-state index is 6.36. The molecule has 0 aliphatic rings. The standard InChI is InChI=1S/C14H25BrN2S/c1-5-10(6-2)17(4)14(11(16)7-3)12-8-9-13(15)18-12/h8-11,14H,5-7,16H2,1-4H3. The van der Waals surface area contributed by atoms with Crippen LogP contribution in [0.1, 0.15) is 51.0 Å². The lowest BCUT2D eigenvalue weighted by molar-refractivity contribution is 0.143. The Morgan fingerprint density at radius 1 is 1.22 bits per heavy atom. The summed E-state index contributed by atoms with van der Waals surface area (Å²) in [5.41, 5.74) is 6.36.